The first-order valence-corrected chi connectivity index (χ1v) is 6.99. The van der Waals surface area contributed by atoms with Crippen LogP contribution < -0.4 is 5.73 Å². The maximum Gasteiger partial charge on any atom is 0.0346 e. The van der Waals surface area contributed by atoms with E-state index in [-0.39, 0.29) is 0 Å². The van der Waals surface area contributed by atoms with Gasteiger partial charge in [-0.15, -0.1) is 0 Å². The van der Waals surface area contributed by atoms with Gasteiger partial charge < -0.3 is 5.73 Å². The monoisotopic (exact) mass is 236 g/mol. The van der Waals surface area contributed by atoms with E-state index in [1.54, 1.807) is 0 Å². The van der Waals surface area contributed by atoms with Crippen molar-refractivity contribution < 1.29 is 0 Å². The summed E-state index contributed by atoms with van der Waals surface area (Å²) in [6.45, 7) is 6.67. The second-order valence-electron chi connectivity index (χ2n) is 4.53. The molecule has 1 aromatic carbocycles. The SMILES string of the molecule is Cc1c(N)cccc1CN1CCSCC1C. The van der Waals surface area contributed by atoms with Crippen molar-refractivity contribution in [1.29, 1.82) is 0 Å². The summed E-state index contributed by atoms with van der Waals surface area (Å²) in [5.74, 6) is 2.51. The van der Waals surface area contributed by atoms with Gasteiger partial charge in [-0.3, -0.25) is 4.90 Å². The molecule has 1 atom stereocenters. The van der Waals surface area contributed by atoms with Gasteiger partial charge in [-0.25, -0.2) is 0 Å². The van der Waals surface area contributed by atoms with Crippen LogP contribution in [0.3, 0.4) is 0 Å². The summed E-state index contributed by atoms with van der Waals surface area (Å²) in [4.78, 5) is 2.55. The number of thioether (sulfide) groups is 1. The van der Waals surface area contributed by atoms with Crippen LogP contribution >= 0.6 is 11.8 Å². The highest BCUT2D eigenvalue weighted by atomic mass is 32.2. The number of rotatable bonds is 2. The molecule has 0 bridgehead atoms. The van der Waals surface area contributed by atoms with Gasteiger partial charge in [-0.1, -0.05) is 12.1 Å². The zero-order valence-electron chi connectivity index (χ0n) is 10.1. The minimum atomic E-state index is 0.680. The predicted octanol–water partition coefficient (Wildman–Crippen LogP) is 2.51. The molecule has 1 aromatic rings. The quantitative estimate of drug-likeness (QED) is 0.800. The molecule has 0 spiro atoms. The zero-order chi connectivity index (χ0) is 11.5. The van der Waals surface area contributed by atoms with E-state index in [0.29, 0.717) is 6.04 Å². The Morgan fingerprint density at radius 2 is 2.31 bits per heavy atom. The molecule has 1 unspecified atom stereocenters. The molecule has 0 aliphatic carbocycles. The average Bonchev–Trinajstić information content (AvgIpc) is 2.28. The Labute approximate surface area is 102 Å². The van der Waals surface area contributed by atoms with Gasteiger partial charge in [-0.05, 0) is 31.0 Å². The molecule has 1 aliphatic rings. The van der Waals surface area contributed by atoms with E-state index in [0.717, 1.165) is 12.2 Å². The van der Waals surface area contributed by atoms with Gasteiger partial charge in [0.2, 0.25) is 0 Å². The van der Waals surface area contributed by atoms with E-state index in [1.807, 2.05) is 6.07 Å². The largest absolute Gasteiger partial charge is 0.399 e. The molecule has 1 heterocycles. The van der Waals surface area contributed by atoms with Gasteiger partial charge in [-0.2, -0.15) is 11.8 Å². The number of nitrogens with two attached hydrogens (primary N) is 1. The van der Waals surface area contributed by atoms with Crippen LogP contribution in [0.25, 0.3) is 0 Å². The van der Waals surface area contributed by atoms with Gasteiger partial charge in [0, 0.05) is 36.3 Å². The molecule has 88 valence electrons. The Bertz CT molecular complexity index is 365. The second kappa shape index (κ2) is 5.11. The van der Waals surface area contributed by atoms with Gasteiger partial charge >= 0.3 is 0 Å². The second-order valence-corrected chi connectivity index (χ2v) is 5.68. The molecule has 0 amide bonds. The van der Waals surface area contributed by atoms with Crippen molar-refractivity contribution in [3.05, 3.63) is 29.3 Å². The summed E-state index contributed by atoms with van der Waals surface area (Å²) in [5, 5.41) is 0. The molecule has 3 heteroatoms. The van der Waals surface area contributed by atoms with Gasteiger partial charge in [0.05, 0.1) is 0 Å². The van der Waals surface area contributed by atoms with E-state index in [4.69, 9.17) is 5.73 Å². The first-order chi connectivity index (χ1) is 7.68. The van der Waals surface area contributed by atoms with Gasteiger partial charge in [0.1, 0.15) is 0 Å². The van der Waals surface area contributed by atoms with E-state index < -0.39 is 0 Å². The standard InChI is InChI=1S/C13H20N2S/c1-10-9-16-7-6-15(10)8-12-4-3-5-13(14)11(12)2/h3-5,10H,6-9,14H2,1-2H3. The topological polar surface area (TPSA) is 29.3 Å². The number of hydrogen-bond acceptors (Lipinski definition) is 3. The molecule has 2 nitrogen and oxygen atoms in total. The third-order valence-electron chi connectivity index (χ3n) is 3.37. The first-order valence-electron chi connectivity index (χ1n) is 5.84. The maximum atomic E-state index is 5.94. The molecule has 2 rings (SSSR count). The third kappa shape index (κ3) is 2.53. The zero-order valence-corrected chi connectivity index (χ0v) is 10.9. The van der Waals surface area contributed by atoms with Crippen molar-refractivity contribution in [1.82, 2.24) is 4.90 Å². The van der Waals surface area contributed by atoms with Crippen LogP contribution in [0, 0.1) is 6.92 Å². The molecule has 0 aromatic heterocycles. The van der Waals surface area contributed by atoms with E-state index in [9.17, 15) is 0 Å². The fourth-order valence-corrected chi connectivity index (χ4v) is 3.17. The Morgan fingerprint density at radius 3 is 3.06 bits per heavy atom. The van der Waals surface area contributed by atoms with E-state index in [1.165, 1.54) is 29.2 Å². The number of nitrogen functional groups attached to an aromatic ring is 1. The van der Waals surface area contributed by atoms with Crippen LogP contribution in [0.15, 0.2) is 18.2 Å². The fourth-order valence-electron chi connectivity index (χ4n) is 2.09. The third-order valence-corrected chi connectivity index (χ3v) is 4.56. The molecule has 2 N–H and O–H groups in total. The first kappa shape index (κ1) is 11.8. The predicted molar refractivity (Wildman–Crippen MR) is 72.8 cm³/mol. The summed E-state index contributed by atoms with van der Waals surface area (Å²) in [6, 6.07) is 6.91. The Balaban J connectivity index is 2.10. The van der Waals surface area contributed by atoms with E-state index in [2.05, 4.69) is 42.6 Å². The molecule has 1 aliphatic heterocycles. The lowest BCUT2D eigenvalue weighted by molar-refractivity contribution is 0.223. The van der Waals surface area contributed by atoms with Crippen molar-refractivity contribution >= 4 is 17.4 Å². The lowest BCUT2D eigenvalue weighted by Crippen LogP contribution is -2.39. The maximum absolute atomic E-state index is 5.94. The molecule has 0 radical (unpaired) electrons. The Hall–Kier alpha value is -0.670. The number of anilines is 1. The number of benzene rings is 1. The van der Waals surface area contributed by atoms with Crippen LogP contribution in [0.4, 0.5) is 5.69 Å². The summed E-state index contributed by atoms with van der Waals surface area (Å²) in [5.41, 5.74) is 9.47. The highest BCUT2D eigenvalue weighted by Crippen LogP contribution is 2.22. The smallest absolute Gasteiger partial charge is 0.0346 e. The van der Waals surface area contributed by atoms with Crippen molar-refractivity contribution in [2.45, 2.75) is 26.4 Å². The van der Waals surface area contributed by atoms with Crippen LogP contribution in [-0.4, -0.2) is 29.0 Å². The molecule has 16 heavy (non-hydrogen) atoms. The Morgan fingerprint density at radius 1 is 1.50 bits per heavy atom. The van der Waals surface area contributed by atoms with Crippen LogP contribution in [0.2, 0.25) is 0 Å². The van der Waals surface area contributed by atoms with Crippen molar-refractivity contribution in [3.8, 4) is 0 Å². The average molecular weight is 236 g/mol. The van der Waals surface area contributed by atoms with Crippen LogP contribution in [0.5, 0.6) is 0 Å². The minimum Gasteiger partial charge on any atom is -0.399 e. The lowest BCUT2D eigenvalue weighted by Gasteiger charge is -2.33. The summed E-state index contributed by atoms with van der Waals surface area (Å²) >= 11 is 2.06. The van der Waals surface area contributed by atoms with Crippen molar-refractivity contribution in [2.75, 3.05) is 23.8 Å². The molecule has 1 fully saturated rings. The summed E-state index contributed by atoms with van der Waals surface area (Å²) < 4.78 is 0. The summed E-state index contributed by atoms with van der Waals surface area (Å²) in [6.07, 6.45) is 0. The molecular formula is C13H20N2S. The summed E-state index contributed by atoms with van der Waals surface area (Å²) in [7, 11) is 0. The van der Waals surface area contributed by atoms with E-state index >= 15 is 0 Å². The molecule has 1 saturated heterocycles. The minimum absolute atomic E-state index is 0.680. The number of nitrogens with zero attached hydrogens (tertiary/aromatic N) is 1. The highest BCUT2D eigenvalue weighted by molar-refractivity contribution is 7.99. The van der Waals surface area contributed by atoms with Gasteiger partial charge in [0.15, 0.2) is 0 Å². The van der Waals surface area contributed by atoms with Gasteiger partial charge in [0.25, 0.3) is 0 Å². The Kier molecular flexibility index (Phi) is 3.77. The van der Waals surface area contributed by atoms with Crippen LogP contribution in [0.1, 0.15) is 18.1 Å². The van der Waals surface area contributed by atoms with Crippen molar-refractivity contribution in [2.24, 2.45) is 0 Å². The van der Waals surface area contributed by atoms with Crippen LogP contribution in [-0.2, 0) is 6.54 Å². The fraction of sp³-hybridized carbons (Fsp3) is 0.538. The van der Waals surface area contributed by atoms with Crippen molar-refractivity contribution in [3.63, 3.8) is 0 Å². The highest BCUT2D eigenvalue weighted by Gasteiger charge is 2.19. The molecular weight excluding hydrogens is 216 g/mol. The normalized spacial score (nSPS) is 22.2. The number of hydrogen-bond donors (Lipinski definition) is 1. The lowest BCUT2D eigenvalue weighted by atomic mass is 10.1. The molecule has 0 saturated carbocycles.